The summed E-state index contributed by atoms with van der Waals surface area (Å²) in [6.45, 7) is 1.71. The summed E-state index contributed by atoms with van der Waals surface area (Å²) in [5, 5.41) is 47.0. The van der Waals surface area contributed by atoms with Crippen molar-refractivity contribution in [2.45, 2.75) is 44.2 Å². The van der Waals surface area contributed by atoms with Crippen LogP contribution >= 0.6 is 0 Å². The number of hydrogen-bond acceptors (Lipinski definition) is 9. The second-order valence-corrected chi connectivity index (χ2v) is 11.1. The first-order valence-electron chi connectivity index (χ1n) is 12.2. The molecule has 7 N–H and O–H groups in total. The van der Waals surface area contributed by atoms with E-state index in [9.17, 15) is 39.6 Å². The number of phenolic OH excluding ortho intramolecular Hbond substituents is 1. The van der Waals surface area contributed by atoms with Gasteiger partial charge in [0.1, 0.15) is 22.9 Å². The zero-order valence-electron chi connectivity index (χ0n) is 21.0. The van der Waals surface area contributed by atoms with Crippen LogP contribution in [0.25, 0.3) is 0 Å². The van der Waals surface area contributed by atoms with Gasteiger partial charge in [-0.3, -0.25) is 24.1 Å². The van der Waals surface area contributed by atoms with Crippen LogP contribution in [0.1, 0.15) is 42.1 Å². The normalized spacial score (nSPS) is 29.6. The van der Waals surface area contributed by atoms with E-state index >= 15 is 4.39 Å². The van der Waals surface area contributed by atoms with Gasteiger partial charge in [-0.05, 0) is 45.7 Å². The first kappa shape index (κ1) is 25.9. The van der Waals surface area contributed by atoms with Crippen LogP contribution in [0.15, 0.2) is 28.7 Å². The van der Waals surface area contributed by atoms with Crippen molar-refractivity contribution in [1.29, 1.82) is 0 Å². The molecular weight excluding hydrogens is 501 g/mol. The van der Waals surface area contributed by atoms with Crippen LogP contribution in [0.4, 0.5) is 10.1 Å². The third-order valence-electron chi connectivity index (χ3n) is 8.46. The van der Waals surface area contributed by atoms with Gasteiger partial charge in [0.15, 0.2) is 17.1 Å². The van der Waals surface area contributed by atoms with E-state index in [1.165, 1.54) is 19.0 Å². The monoisotopic (exact) mass is 529 g/mol. The molecule has 1 saturated carbocycles. The number of aromatic hydroxyl groups is 1. The number of likely N-dealkylation sites (N-methyl/N-ethyl adjacent to an activating group) is 1. The van der Waals surface area contributed by atoms with Gasteiger partial charge in [-0.15, -0.1) is 0 Å². The minimum absolute atomic E-state index is 0.142. The van der Waals surface area contributed by atoms with E-state index in [0.717, 1.165) is 6.07 Å². The number of benzene rings is 1. The number of nitrogens with zero attached hydrogens (tertiary/aromatic N) is 1. The Balaban J connectivity index is 1.65. The van der Waals surface area contributed by atoms with Crippen LogP contribution in [-0.4, -0.2) is 74.4 Å². The molecule has 0 radical (unpaired) electrons. The average Bonchev–Trinajstić information content (AvgIpc) is 3.57. The lowest BCUT2D eigenvalue weighted by molar-refractivity contribution is -0.148. The molecule has 0 aromatic heterocycles. The highest BCUT2D eigenvalue weighted by molar-refractivity contribution is 6.25. The highest BCUT2D eigenvalue weighted by Crippen LogP contribution is 2.53. The summed E-state index contributed by atoms with van der Waals surface area (Å²) in [6.07, 6.45) is 0.906. The van der Waals surface area contributed by atoms with Gasteiger partial charge in [0.2, 0.25) is 11.7 Å². The van der Waals surface area contributed by atoms with Gasteiger partial charge in [0.05, 0.1) is 17.3 Å². The summed E-state index contributed by atoms with van der Waals surface area (Å²) in [6, 6.07) is -0.209. The van der Waals surface area contributed by atoms with Gasteiger partial charge in [0.25, 0.3) is 5.91 Å². The first-order chi connectivity index (χ1) is 17.6. The number of fused-ring (bicyclic) bond motifs is 3. The Labute approximate surface area is 216 Å². The second-order valence-electron chi connectivity index (χ2n) is 11.1. The SMILES string of the molecule is CN(C)[C@@H]1C(O)=C(C(N)=O)C(=O)[C@@]2(O)C(O)=C3C(=O)c4c(O)c(NC(=O)C5(C)CC5)cc(F)c4C[C@H]3C[C@@H]12. The van der Waals surface area contributed by atoms with E-state index in [4.69, 9.17) is 5.73 Å². The largest absolute Gasteiger partial charge is 0.510 e. The Bertz CT molecular complexity index is 1410. The molecule has 2 amide bonds. The third kappa shape index (κ3) is 3.33. The third-order valence-corrected chi connectivity index (χ3v) is 8.46. The first-order valence-corrected chi connectivity index (χ1v) is 12.2. The van der Waals surface area contributed by atoms with E-state index in [1.807, 2.05) is 0 Å². The van der Waals surface area contributed by atoms with Crippen molar-refractivity contribution in [3.05, 3.63) is 45.7 Å². The molecule has 0 unspecified atom stereocenters. The molecule has 0 heterocycles. The van der Waals surface area contributed by atoms with Crippen LogP contribution in [-0.2, 0) is 20.8 Å². The molecule has 5 rings (SSSR count). The summed E-state index contributed by atoms with van der Waals surface area (Å²) >= 11 is 0. The molecular formula is C26H28FN3O8. The van der Waals surface area contributed by atoms with Crippen LogP contribution in [0.3, 0.4) is 0 Å². The van der Waals surface area contributed by atoms with Gasteiger partial charge < -0.3 is 31.5 Å². The summed E-state index contributed by atoms with van der Waals surface area (Å²) in [4.78, 5) is 52.9. The Morgan fingerprint density at radius 3 is 2.37 bits per heavy atom. The fraction of sp³-hybridized carbons (Fsp3) is 0.462. The molecule has 1 fully saturated rings. The molecule has 0 saturated heterocycles. The molecule has 0 spiro atoms. The maximum atomic E-state index is 15.3. The predicted octanol–water partition coefficient (Wildman–Crippen LogP) is 0.998. The molecule has 11 nitrogen and oxygen atoms in total. The molecule has 4 atom stereocenters. The van der Waals surface area contributed by atoms with Crippen molar-refractivity contribution in [3.63, 3.8) is 0 Å². The van der Waals surface area contributed by atoms with Gasteiger partial charge in [0, 0.05) is 28.5 Å². The van der Waals surface area contributed by atoms with E-state index in [-0.39, 0.29) is 24.1 Å². The van der Waals surface area contributed by atoms with E-state index in [2.05, 4.69) is 5.32 Å². The number of amides is 2. The van der Waals surface area contributed by atoms with Crippen LogP contribution in [0.5, 0.6) is 5.75 Å². The number of carbonyl (C=O) groups is 4. The molecule has 1 aromatic carbocycles. The Morgan fingerprint density at radius 2 is 1.82 bits per heavy atom. The fourth-order valence-corrected chi connectivity index (χ4v) is 6.06. The lowest BCUT2D eigenvalue weighted by Gasteiger charge is -2.50. The van der Waals surface area contributed by atoms with Crippen molar-refractivity contribution in [1.82, 2.24) is 4.90 Å². The van der Waals surface area contributed by atoms with E-state index in [1.54, 1.807) is 6.92 Å². The number of rotatable bonds is 4. The van der Waals surface area contributed by atoms with Crippen LogP contribution < -0.4 is 11.1 Å². The summed E-state index contributed by atoms with van der Waals surface area (Å²) in [5.74, 6) is -9.54. The zero-order valence-corrected chi connectivity index (χ0v) is 21.0. The van der Waals surface area contributed by atoms with Crippen molar-refractivity contribution < 1.29 is 44.0 Å². The van der Waals surface area contributed by atoms with Crippen molar-refractivity contribution in [2.75, 3.05) is 19.4 Å². The number of ketones is 2. The number of phenols is 1. The van der Waals surface area contributed by atoms with E-state index < -0.39 is 92.1 Å². The standard InChI is InChI=1S/C26H28FN3O8/c1-25(4-5-25)24(37)29-13-8-12(27)10-6-9-7-11-17(30(2)3)20(33)16(23(28)36)22(35)26(11,38)21(34)14(9)19(32)15(10)18(13)31/h8-9,11,17,31,33-34,38H,4-7H2,1-3H3,(H2,28,36)(H,29,37)/t9-,11-,17-,26-/m0/s1. The number of hydrogen-bond donors (Lipinski definition) is 6. The maximum absolute atomic E-state index is 15.3. The topological polar surface area (TPSA) is 190 Å². The van der Waals surface area contributed by atoms with Gasteiger partial charge in [-0.2, -0.15) is 0 Å². The number of nitrogens with two attached hydrogens (primary N) is 1. The van der Waals surface area contributed by atoms with Crippen molar-refractivity contribution >= 4 is 29.1 Å². The molecule has 0 bridgehead atoms. The minimum atomic E-state index is -2.79. The molecule has 4 aliphatic carbocycles. The summed E-state index contributed by atoms with van der Waals surface area (Å²) in [7, 11) is 3.03. The fourth-order valence-electron chi connectivity index (χ4n) is 6.06. The summed E-state index contributed by atoms with van der Waals surface area (Å²) < 4.78 is 15.3. The number of Topliss-reactive ketones (excluding diaryl/α,β-unsaturated/α-hetero) is 2. The molecule has 12 heteroatoms. The number of halogens is 1. The maximum Gasteiger partial charge on any atom is 0.255 e. The number of carbonyl (C=O) groups excluding carboxylic acids is 4. The Hall–Kier alpha value is -3.77. The number of aliphatic hydroxyl groups is 3. The summed E-state index contributed by atoms with van der Waals surface area (Å²) in [5.41, 5.74) is -0.408. The van der Waals surface area contributed by atoms with Gasteiger partial charge in [-0.25, -0.2) is 4.39 Å². The smallest absolute Gasteiger partial charge is 0.255 e. The molecule has 38 heavy (non-hydrogen) atoms. The van der Waals surface area contributed by atoms with Gasteiger partial charge >= 0.3 is 0 Å². The van der Waals surface area contributed by atoms with Crippen LogP contribution in [0, 0.1) is 23.1 Å². The number of allylic oxidation sites excluding steroid dienone is 1. The molecule has 202 valence electrons. The minimum Gasteiger partial charge on any atom is -0.510 e. The molecule has 0 aliphatic heterocycles. The van der Waals surface area contributed by atoms with E-state index in [0.29, 0.717) is 12.8 Å². The quantitative estimate of drug-likeness (QED) is 0.244. The number of anilines is 1. The Kier molecular flexibility index (Phi) is 5.52. The molecule has 1 aromatic rings. The lowest BCUT2D eigenvalue weighted by Crippen LogP contribution is -2.63. The number of aliphatic hydroxyl groups excluding tert-OH is 2. The molecule has 4 aliphatic rings. The number of primary amides is 1. The number of nitrogens with one attached hydrogen (secondary N) is 1. The van der Waals surface area contributed by atoms with Gasteiger partial charge in [-0.1, -0.05) is 6.92 Å². The van der Waals surface area contributed by atoms with Crippen LogP contribution in [0.2, 0.25) is 0 Å². The van der Waals surface area contributed by atoms with Crippen molar-refractivity contribution in [3.8, 4) is 5.75 Å². The highest BCUT2D eigenvalue weighted by atomic mass is 19.1. The van der Waals surface area contributed by atoms with Crippen molar-refractivity contribution in [2.24, 2.45) is 23.0 Å². The lowest BCUT2D eigenvalue weighted by atomic mass is 9.58. The second kappa shape index (κ2) is 8.11. The highest BCUT2D eigenvalue weighted by Gasteiger charge is 2.63. The zero-order chi connectivity index (χ0) is 28.1. The Morgan fingerprint density at radius 1 is 1.18 bits per heavy atom. The average molecular weight is 530 g/mol. The predicted molar refractivity (Wildman–Crippen MR) is 130 cm³/mol.